The van der Waals surface area contributed by atoms with Gasteiger partial charge in [-0.15, -0.1) is 0 Å². The van der Waals surface area contributed by atoms with Crippen molar-refractivity contribution in [1.82, 2.24) is 0 Å². The van der Waals surface area contributed by atoms with Crippen molar-refractivity contribution in [3.63, 3.8) is 0 Å². The zero-order chi connectivity index (χ0) is 28.7. The number of sulfonamides is 1. The fourth-order valence-corrected chi connectivity index (χ4v) is 7.71. The quantitative estimate of drug-likeness (QED) is 0.390. The van der Waals surface area contributed by atoms with Crippen molar-refractivity contribution in [3.8, 4) is 5.75 Å². The van der Waals surface area contributed by atoms with E-state index in [2.05, 4.69) is 11.0 Å². The summed E-state index contributed by atoms with van der Waals surface area (Å²) >= 11 is 6.34. The van der Waals surface area contributed by atoms with Crippen molar-refractivity contribution in [2.24, 2.45) is 22.9 Å². The third kappa shape index (κ3) is 6.17. The number of rotatable bonds is 8. The summed E-state index contributed by atoms with van der Waals surface area (Å²) in [6, 6.07) is 11.1. The maximum absolute atomic E-state index is 11.9. The minimum Gasteiger partial charge on any atom is -0.490 e. The molecule has 4 N–H and O–H groups in total. The molecule has 0 aromatic heterocycles. The Labute approximate surface area is 240 Å². The third-order valence-corrected chi connectivity index (χ3v) is 10.0. The Morgan fingerprint density at radius 1 is 1.25 bits per heavy atom. The van der Waals surface area contributed by atoms with E-state index in [0.29, 0.717) is 30.5 Å². The molecule has 0 bridgehead atoms. The summed E-state index contributed by atoms with van der Waals surface area (Å²) in [6.07, 6.45) is 7.41. The molecule has 10 heteroatoms. The molecule has 0 amide bonds. The molecule has 0 radical (unpaired) electrons. The van der Waals surface area contributed by atoms with Crippen molar-refractivity contribution in [1.29, 1.82) is 0 Å². The summed E-state index contributed by atoms with van der Waals surface area (Å²) in [5.74, 6) is -0.604. The van der Waals surface area contributed by atoms with Crippen LogP contribution in [0.3, 0.4) is 0 Å². The lowest BCUT2D eigenvalue weighted by atomic mass is 9.68. The zero-order valence-electron chi connectivity index (χ0n) is 22.6. The Hall–Kier alpha value is -2.59. The summed E-state index contributed by atoms with van der Waals surface area (Å²) in [7, 11) is -3.59. The second-order valence-electron chi connectivity index (χ2n) is 11.8. The minimum atomic E-state index is -3.59. The average Bonchev–Trinajstić information content (AvgIpc) is 3.01. The van der Waals surface area contributed by atoms with Crippen molar-refractivity contribution in [3.05, 3.63) is 70.3 Å². The molecular weight excluding hydrogens is 552 g/mol. The molecule has 1 saturated carbocycles. The minimum absolute atomic E-state index is 0.0154. The molecule has 0 saturated heterocycles. The van der Waals surface area contributed by atoms with Crippen LogP contribution in [0.1, 0.15) is 54.1 Å². The third-order valence-electron chi connectivity index (χ3n) is 8.79. The monoisotopic (exact) mass is 588 g/mol. The number of aryl methyl sites for hydroxylation is 1. The van der Waals surface area contributed by atoms with Gasteiger partial charge in [0.25, 0.3) is 0 Å². The molecule has 2 aromatic rings. The highest BCUT2D eigenvalue weighted by Crippen LogP contribution is 2.46. The zero-order valence-corrected chi connectivity index (χ0v) is 24.2. The van der Waals surface area contributed by atoms with Gasteiger partial charge in [0.05, 0.1) is 29.7 Å². The number of allylic oxidation sites excluding steroid dienone is 1. The number of hydrogen-bond donors (Lipinski definition) is 3. The molecule has 1 fully saturated rings. The van der Waals surface area contributed by atoms with Crippen molar-refractivity contribution in [2.45, 2.75) is 50.5 Å². The molecule has 1 spiro atoms. The second-order valence-corrected chi connectivity index (χ2v) is 13.9. The molecule has 2 unspecified atom stereocenters. The Morgan fingerprint density at radius 3 is 2.75 bits per heavy atom. The molecule has 1 heterocycles. The van der Waals surface area contributed by atoms with Crippen LogP contribution < -0.4 is 14.8 Å². The van der Waals surface area contributed by atoms with Gasteiger partial charge in [-0.25, -0.2) is 18.4 Å². The van der Waals surface area contributed by atoms with E-state index < -0.39 is 22.1 Å². The van der Waals surface area contributed by atoms with Crippen LogP contribution in [0.2, 0.25) is 5.02 Å². The highest BCUT2D eigenvalue weighted by Gasteiger charge is 2.44. The van der Waals surface area contributed by atoms with Gasteiger partial charge >= 0.3 is 5.97 Å². The van der Waals surface area contributed by atoms with E-state index >= 15 is 0 Å². The number of carboxylic acid groups (broad SMARTS) is 1. The van der Waals surface area contributed by atoms with Gasteiger partial charge in [0.1, 0.15) is 5.75 Å². The first-order chi connectivity index (χ1) is 18.9. The number of halogens is 1. The molecule has 3 aliphatic rings. The molecule has 1 aliphatic heterocycles. The number of ether oxygens (including phenoxy) is 1. The van der Waals surface area contributed by atoms with Gasteiger partial charge in [0, 0.05) is 23.5 Å². The number of fused-ring (bicyclic) bond motifs is 3. The summed E-state index contributed by atoms with van der Waals surface area (Å²) in [5, 5.41) is 26.6. The number of aliphatic hydroxyl groups excluding tert-OH is 1. The van der Waals surface area contributed by atoms with Gasteiger partial charge < -0.3 is 19.8 Å². The first kappa shape index (κ1) is 28.9. The molecule has 5 atom stereocenters. The van der Waals surface area contributed by atoms with E-state index in [1.807, 2.05) is 12.1 Å². The predicted molar refractivity (Wildman–Crippen MR) is 156 cm³/mol. The van der Waals surface area contributed by atoms with Crippen LogP contribution >= 0.6 is 11.6 Å². The van der Waals surface area contributed by atoms with Gasteiger partial charge in [-0.1, -0.05) is 36.7 Å². The molecule has 8 nitrogen and oxygen atoms in total. The molecule has 216 valence electrons. The predicted octanol–water partition coefficient (Wildman–Crippen LogP) is 4.38. The Kier molecular flexibility index (Phi) is 8.21. The molecule has 5 rings (SSSR count). The van der Waals surface area contributed by atoms with Gasteiger partial charge in [0.15, 0.2) is 0 Å². The maximum atomic E-state index is 11.9. The number of aliphatic hydroxyl groups is 1. The van der Waals surface area contributed by atoms with Crippen LogP contribution in [-0.4, -0.2) is 56.2 Å². The number of anilines is 1. The Bertz CT molecular complexity index is 1410. The molecule has 40 heavy (non-hydrogen) atoms. The van der Waals surface area contributed by atoms with Crippen molar-refractivity contribution >= 4 is 33.3 Å². The Morgan fingerprint density at radius 2 is 2.05 bits per heavy atom. The Balaban J connectivity index is 1.42. The standard InChI is InChI=1S/C30H37ClN2O6S/c1-19(16-40(32,37)38)4-10-27(34)24-8-5-22(24)15-33-17-30(12-2-3-20-13-23(31)7-9-25(20)30)18-39-28-11-6-21(29(35)36)14-26(28)33/h4,6-7,9-11,13-14,19,22,24,27,34H,2-3,5,8,12,15-18H2,1H3,(H,35,36)(H2,32,37,38)/b10-4+/t19?,22-,24+,27?,30-/m0/s1. The number of hydrogen-bond acceptors (Lipinski definition) is 6. The van der Waals surface area contributed by atoms with Crippen LogP contribution in [0, 0.1) is 17.8 Å². The first-order valence-corrected chi connectivity index (χ1v) is 15.9. The normalized spacial score (nSPS) is 25.9. The van der Waals surface area contributed by atoms with Crippen LogP contribution in [-0.2, 0) is 21.9 Å². The average molecular weight is 589 g/mol. The highest BCUT2D eigenvalue weighted by molar-refractivity contribution is 7.89. The molecule has 2 aromatic carbocycles. The summed E-state index contributed by atoms with van der Waals surface area (Å²) < 4.78 is 29.2. The van der Waals surface area contributed by atoms with E-state index in [1.165, 1.54) is 11.1 Å². The lowest BCUT2D eigenvalue weighted by Crippen LogP contribution is -2.49. The lowest BCUT2D eigenvalue weighted by molar-refractivity contribution is 0.0455. The van der Waals surface area contributed by atoms with Gasteiger partial charge in [-0.2, -0.15) is 0 Å². The van der Waals surface area contributed by atoms with E-state index in [-0.39, 0.29) is 34.5 Å². The molecule has 2 aliphatic carbocycles. The summed E-state index contributed by atoms with van der Waals surface area (Å²) in [4.78, 5) is 14.1. The number of carbonyl (C=O) groups is 1. The largest absolute Gasteiger partial charge is 0.490 e. The van der Waals surface area contributed by atoms with Crippen LogP contribution in [0.4, 0.5) is 5.69 Å². The number of primary sulfonamides is 1. The summed E-state index contributed by atoms with van der Waals surface area (Å²) in [5.41, 5.74) is 3.15. The van der Waals surface area contributed by atoms with Crippen LogP contribution in [0.15, 0.2) is 48.6 Å². The lowest BCUT2D eigenvalue weighted by Gasteiger charge is -2.45. The number of nitrogens with zero attached hydrogens (tertiary/aromatic N) is 1. The number of aromatic carboxylic acids is 1. The van der Waals surface area contributed by atoms with E-state index in [4.69, 9.17) is 21.5 Å². The topological polar surface area (TPSA) is 130 Å². The second kappa shape index (κ2) is 11.4. The maximum Gasteiger partial charge on any atom is 0.335 e. The van der Waals surface area contributed by atoms with E-state index in [1.54, 1.807) is 37.3 Å². The van der Waals surface area contributed by atoms with Crippen LogP contribution in [0.5, 0.6) is 5.75 Å². The van der Waals surface area contributed by atoms with Crippen LogP contribution in [0.25, 0.3) is 0 Å². The van der Waals surface area contributed by atoms with Gasteiger partial charge in [-0.3, -0.25) is 0 Å². The number of carboxylic acids is 1. The van der Waals surface area contributed by atoms with Gasteiger partial charge in [-0.05, 0) is 91.3 Å². The van der Waals surface area contributed by atoms with Crippen molar-refractivity contribution < 1.29 is 28.2 Å². The number of nitrogens with two attached hydrogens (primary N) is 1. The van der Waals surface area contributed by atoms with Crippen molar-refractivity contribution in [2.75, 3.05) is 30.3 Å². The van der Waals surface area contributed by atoms with E-state index in [9.17, 15) is 23.4 Å². The van der Waals surface area contributed by atoms with Gasteiger partial charge in [0.2, 0.25) is 10.0 Å². The summed E-state index contributed by atoms with van der Waals surface area (Å²) in [6.45, 7) is 3.55. The SMILES string of the molecule is CC(/C=C/C(O)[C@@H]1CC[C@H]1CN1C[C@@]2(CCCc3cc(Cl)ccc32)COc2ccc(C(=O)O)cc21)CS(N)(=O)=O. The fourth-order valence-electron chi connectivity index (χ4n) is 6.67. The first-order valence-electron chi connectivity index (χ1n) is 13.8. The molecular formula is C30H37ClN2O6S. The fraction of sp³-hybridized carbons (Fsp3) is 0.500. The highest BCUT2D eigenvalue weighted by atomic mass is 35.5. The number of benzene rings is 2. The smallest absolute Gasteiger partial charge is 0.335 e. The van der Waals surface area contributed by atoms with E-state index in [0.717, 1.165) is 37.8 Å².